The van der Waals surface area contributed by atoms with E-state index in [0.717, 1.165) is 66.4 Å². The van der Waals surface area contributed by atoms with Crippen molar-refractivity contribution in [1.82, 2.24) is 4.90 Å². The summed E-state index contributed by atoms with van der Waals surface area (Å²) in [7, 11) is 1.36. The van der Waals surface area contributed by atoms with Gasteiger partial charge >= 0.3 is 18.3 Å². The molecule has 0 radical (unpaired) electrons. The Hall–Kier alpha value is -4.65. The van der Waals surface area contributed by atoms with Crippen LogP contribution in [0.15, 0.2) is 60.7 Å². The maximum atomic E-state index is 13.6. The summed E-state index contributed by atoms with van der Waals surface area (Å²) in [6.45, 7) is 8.80. The lowest BCUT2D eigenvalue weighted by Crippen LogP contribution is -2.41. The number of likely N-dealkylation sites (tertiary alicyclic amines) is 1. The van der Waals surface area contributed by atoms with Gasteiger partial charge in [0.05, 0.1) is 31.5 Å². The number of rotatable bonds is 9. The molecular weight excluding hydrogens is 648 g/mol. The van der Waals surface area contributed by atoms with Crippen LogP contribution in [0.25, 0.3) is 11.1 Å². The Labute approximate surface area is 282 Å². The van der Waals surface area contributed by atoms with Crippen LogP contribution < -0.4 is 14.4 Å². The Balaban J connectivity index is 0.000000603. The molecule has 2 fully saturated rings. The van der Waals surface area contributed by atoms with Crippen LogP contribution in [0.2, 0.25) is 0 Å². The first-order valence-electron chi connectivity index (χ1n) is 15.9. The molecule has 1 amide bonds. The van der Waals surface area contributed by atoms with E-state index >= 15 is 0 Å². The first-order chi connectivity index (χ1) is 23.3. The number of benzene rings is 3. The average Bonchev–Trinajstić information content (AvgIpc) is 3.37. The first-order valence-corrected chi connectivity index (χ1v) is 15.9. The molecule has 1 spiro atoms. The number of amides is 1. The van der Waals surface area contributed by atoms with Crippen molar-refractivity contribution in [2.75, 3.05) is 44.9 Å². The number of alkyl halides is 3. The topological polar surface area (TPSA) is 94.6 Å². The van der Waals surface area contributed by atoms with Crippen molar-refractivity contribution in [1.29, 1.82) is 0 Å². The summed E-state index contributed by atoms with van der Waals surface area (Å²) in [5, 5.41) is 0. The lowest BCUT2D eigenvalue weighted by Gasteiger charge is -2.39. The number of hydrogen-bond acceptors (Lipinski definition) is 8. The number of methoxy groups -OCH3 is 1. The Kier molecular flexibility index (Phi) is 12.3. The van der Waals surface area contributed by atoms with E-state index in [2.05, 4.69) is 21.8 Å². The molecule has 13 heteroatoms. The second kappa shape index (κ2) is 16.2. The van der Waals surface area contributed by atoms with Crippen molar-refractivity contribution in [3.63, 3.8) is 0 Å². The van der Waals surface area contributed by atoms with Crippen LogP contribution in [0.5, 0.6) is 11.5 Å². The highest BCUT2D eigenvalue weighted by Gasteiger charge is 2.45. The smallest absolute Gasteiger partial charge is 0.493 e. The van der Waals surface area contributed by atoms with Crippen LogP contribution in [0.4, 0.5) is 23.2 Å². The van der Waals surface area contributed by atoms with Gasteiger partial charge in [-0.1, -0.05) is 12.1 Å². The third-order valence-electron chi connectivity index (χ3n) is 8.36. The molecule has 0 N–H and O–H groups in total. The molecule has 0 aromatic heterocycles. The monoisotopic (exact) mass is 688 g/mol. The van der Waals surface area contributed by atoms with E-state index in [-0.39, 0.29) is 23.1 Å². The standard InChI is InChI=1S/C33H37FN2O5.C3H3F3O2/c1-4-40-28-18-23(19-29(41-5-2)31(28)24-6-10-26(34)11-7-24)21-35-16-14-33(15-17-35)20-30(37)36(22-33)27-12-8-25(9-13-27)32(38)39-3;1-2(7)8-3(4,5)6/h6-13,18-19H,4-5,14-17,20-22H2,1-3H3;1H3. The van der Waals surface area contributed by atoms with Crippen LogP contribution in [0, 0.1) is 11.2 Å². The average molecular weight is 689 g/mol. The van der Waals surface area contributed by atoms with E-state index < -0.39 is 12.3 Å². The minimum absolute atomic E-state index is 0.0476. The Morgan fingerprint density at radius 3 is 1.94 bits per heavy atom. The van der Waals surface area contributed by atoms with Gasteiger partial charge in [0, 0.05) is 32.1 Å². The number of halogens is 4. The molecule has 5 rings (SSSR count). The summed E-state index contributed by atoms with van der Waals surface area (Å²) in [5.41, 5.74) is 4.01. The Morgan fingerprint density at radius 2 is 1.47 bits per heavy atom. The predicted molar refractivity (Wildman–Crippen MR) is 174 cm³/mol. The van der Waals surface area contributed by atoms with Gasteiger partial charge in [-0.05, 0) is 105 Å². The molecule has 9 nitrogen and oxygen atoms in total. The maximum Gasteiger partial charge on any atom is 0.575 e. The minimum atomic E-state index is -4.83. The van der Waals surface area contributed by atoms with Gasteiger partial charge in [0.25, 0.3) is 0 Å². The van der Waals surface area contributed by atoms with Gasteiger partial charge in [-0.25, -0.2) is 9.18 Å². The van der Waals surface area contributed by atoms with Crippen molar-refractivity contribution in [2.45, 2.75) is 52.9 Å². The minimum Gasteiger partial charge on any atom is -0.493 e. The third-order valence-corrected chi connectivity index (χ3v) is 8.36. The SMILES string of the molecule is CC(=O)OC(F)(F)F.CCOc1cc(CN2CCC3(CC2)CC(=O)N(c2ccc(C(=O)OC)cc2)C3)cc(OCC)c1-c1ccc(F)cc1. The lowest BCUT2D eigenvalue weighted by molar-refractivity contribution is -0.304. The second-order valence-electron chi connectivity index (χ2n) is 11.9. The zero-order chi connectivity index (χ0) is 35.8. The van der Waals surface area contributed by atoms with Crippen molar-refractivity contribution in [3.8, 4) is 22.6 Å². The molecule has 0 atom stereocenters. The van der Waals surface area contributed by atoms with Crippen LogP contribution in [-0.4, -0.2) is 69.1 Å². The number of carbonyl (C=O) groups excluding carboxylic acids is 3. The number of hydrogen-bond donors (Lipinski definition) is 0. The fourth-order valence-corrected chi connectivity index (χ4v) is 6.14. The van der Waals surface area contributed by atoms with Crippen LogP contribution in [0.1, 0.15) is 56.0 Å². The molecule has 264 valence electrons. The van der Waals surface area contributed by atoms with Crippen LogP contribution in [-0.2, 0) is 25.6 Å². The molecule has 3 aromatic rings. The summed E-state index contributed by atoms with van der Waals surface area (Å²) in [4.78, 5) is 38.6. The second-order valence-corrected chi connectivity index (χ2v) is 11.9. The number of ether oxygens (including phenoxy) is 4. The molecule has 49 heavy (non-hydrogen) atoms. The highest BCUT2D eigenvalue weighted by molar-refractivity contribution is 5.97. The van der Waals surface area contributed by atoms with Crippen molar-refractivity contribution < 1.29 is 50.9 Å². The van der Waals surface area contributed by atoms with Crippen LogP contribution >= 0.6 is 0 Å². The van der Waals surface area contributed by atoms with Crippen molar-refractivity contribution in [2.24, 2.45) is 5.41 Å². The summed E-state index contributed by atoms with van der Waals surface area (Å²) >= 11 is 0. The van der Waals surface area contributed by atoms with Gasteiger partial charge in [-0.15, -0.1) is 13.2 Å². The highest BCUT2D eigenvalue weighted by atomic mass is 19.4. The van der Waals surface area contributed by atoms with E-state index in [0.29, 0.717) is 38.7 Å². The quantitative estimate of drug-likeness (QED) is 0.173. The number of piperidine rings is 1. The van der Waals surface area contributed by atoms with E-state index in [9.17, 15) is 31.9 Å². The molecule has 2 aliphatic heterocycles. The molecule has 2 heterocycles. The Morgan fingerprint density at radius 1 is 0.898 bits per heavy atom. The van der Waals surface area contributed by atoms with Gasteiger partial charge in [-0.2, -0.15) is 0 Å². The normalized spacial score (nSPS) is 15.8. The first kappa shape index (κ1) is 37.2. The fraction of sp³-hybridized carbons (Fsp3) is 0.417. The summed E-state index contributed by atoms with van der Waals surface area (Å²) in [5.74, 6) is -0.443. The summed E-state index contributed by atoms with van der Waals surface area (Å²) in [6.07, 6.45) is -2.43. The molecule has 2 aliphatic rings. The summed E-state index contributed by atoms with van der Waals surface area (Å²) < 4.78 is 65.9. The van der Waals surface area contributed by atoms with Gasteiger partial charge in [-0.3, -0.25) is 14.5 Å². The van der Waals surface area contributed by atoms with E-state index in [1.807, 2.05) is 30.9 Å². The zero-order valence-corrected chi connectivity index (χ0v) is 27.9. The molecule has 0 aliphatic carbocycles. The molecule has 0 bridgehead atoms. The highest BCUT2D eigenvalue weighted by Crippen LogP contribution is 2.44. The zero-order valence-electron chi connectivity index (χ0n) is 27.9. The molecule has 0 saturated carbocycles. The largest absolute Gasteiger partial charge is 0.575 e. The summed E-state index contributed by atoms with van der Waals surface area (Å²) in [6, 6.07) is 17.6. The maximum absolute atomic E-state index is 13.6. The van der Waals surface area contributed by atoms with Gasteiger partial charge in [0.15, 0.2) is 0 Å². The molecule has 3 aromatic carbocycles. The van der Waals surface area contributed by atoms with Crippen LogP contribution in [0.3, 0.4) is 0 Å². The predicted octanol–water partition coefficient (Wildman–Crippen LogP) is 7.17. The molecular formula is C36H40F4N2O7. The number of esters is 2. The fourth-order valence-electron chi connectivity index (χ4n) is 6.14. The van der Waals surface area contributed by atoms with E-state index in [4.69, 9.17) is 14.2 Å². The lowest BCUT2D eigenvalue weighted by atomic mass is 9.77. The molecule has 2 saturated heterocycles. The Bertz CT molecular complexity index is 1580. The van der Waals surface area contributed by atoms with Gasteiger partial charge < -0.3 is 23.8 Å². The van der Waals surface area contributed by atoms with Crippen molar-refractivity contribution >= 4 is 23.5 Å². The number of carbonyl (C=O) groups is 3. The number of nitrogens with zero attached hydrogens (tertiary/aromatic N) is 2. The van der Waals surface area contributed by atoms with Crippen molar-refractivity contribution in [3.05, 3.63) is 77.6 Å². The van der Waals surface area contributed by atoms with E-state index in [1.54, 1.807) is 24.3 Å². The van der Waals surface area contributed by atoms with Gasteiger partial charge in [0.1, 0.15) is 17.3 Å². The third kappa shape index (κ3) is 9.94. The van der Waals surface area contributed by atoms with E-state index in [1.165, 1.54) is 19.2 Å². The molecule has 0 unspecified atom stereocenters. The van der Waals surface area contributed by atoms with Gasteiger partial charge in [0.2, 0.25) is 5.91 Å². The number of anilines is 1.